The zero-order valence-corrected chi connectivity index (χ0v) is 21.5. The number of nitrogens with one attached hydrogen (secondary N) is 3. The van der Waals surface area contributed by atoms with Crippen LogP contribution in [0.5, 0.6) is 0 Å². The molecule has 3 aliphatic rings. The first-order valence-electron chi connectivity index (χ1n) is 13.2. The molecule has 2 fully saturated rings. The van der Waals surface area contributed by atoms with Gasteiger partial charge in [-0.15, -0.1) is 0 Å². The van der Waals surface area contributed by atoms with Crippen LogP contribution in [0, 0.1) is 11.8 Å². The molecule has 2 aliphatic heterocycles. The summed E-state index contributed by atoms with van der Waals surface area (Å²) in [5.74, 6) is -1.02. The van der Waals surface area contributed by atoms with Crippen molar-refractivity contribution in [2.75, 3.05) is 19.6 Å². The Morgan fingerprint density at radius 2 is 1.84 bits per heavy atom. The van der Waals surface area contributed by atoms with Crippen LogP contribution in [0.3, 0.4) is 0 Å². The van der Waals surface area contributed by atoms with Gasteiger partial charge in [0.2, 0.25) is 11.8 Å². The lowest BCUT2D eigenvalue weighted by Crippen LogP contribution is -2.60. The molecule has 2 aromatic carbocycles. The zero-order valence-electron chi connectivity index (χ0n) is 21.5. The number of hydrogen-bond acceptors (Lipinski definition) is 4. The highest BCUT2D eigenvalue weighted by atomic mass is 19.1. The van der Waals surface area contributed by atoms with Gasteiger partial charge in [-0.1, -0.05) is 60.7 Å². The molecule has 2 amide bonds. The fourth-order valence-corrected chi connectivity index (χ4v) is 6.18. The number of halogens is 1. The van der Waals surface area contributed by atoms with Crippen molar-refractivity contribution < 1.29 is 14.0 Å². The highest BCUT2D eigenvalue weighted by Crippen LogP contribution is 2.46. The van der Waals surface area contributed by atoms with E-state index < -0.39 is 5.54 Å². The van der Waals surface area contributed by atoms with Crippen LogP contribution in [0.15, 0.2) is 84.0 Å². The molecule has 37 heavy (non-hydrogen) atoms. The minimum atomic E-state index is -0.943. The lowest BCUT2D eigenvalue weighted by molar-refractivity contribution is -0.137. The van der Waals surface area contributed by atoms with Crippen LogP contribution in [-0.4, -0.2) is 41.9 Å². The molecule has 0 spiro atoms. The number of carbonyl (C=O) groups excluding carboxylic acids is 2. The topological polar surface area (TPSA) is 73.5 Å². The normalized spacial score (nSPS) is 27.8. The monoisotopic (exact) mass is 502 g/mol. The van der Waals surface area contributed by atoms with Crippen molar-refractivity contribution in [3.8, 4) is 0 Å². The predicted molar refractivity (Wildman–Crippen MR) is 142 cm³/mol. The molecule has 1 unspecified atom stereocenters. The van der Waals surface area contributed by atoms with Gasteiger partial charge in [0.15, 0.2) is 0 Å². The van der Waals surface area contributed by atoms with Crippen LogP contribution in [0.2, 0.25) is 0 Å². The van der Waals surface area contributed by atoms with Crippen LogP contribution >= 0.6 is 0 Å². The first kappa shape index (κ1) is 25.2. The number of piperidine rings is 1. The number of allylic oxidation sites excluding steroid dienone is 2. The van der Waals surface area contributed by atoms with Crippen LogP contribution in [0.4, 0.5) is 4.39 Å². The molecular weight excluding hydrogens is 467 g/mol. The third-order valence-corrected chi connectivity index (χ3v) is 8.24. The van der Waals surface area contributed by atoms with E-state index in [2.05, 4.69) is 33.0 Å². The van der Waals surface area contributed by atoms with E-state index in [9.17, 15) is 14.0 Å². The van der Waals surface area contributed by atoms with E-state index >= 15 is 0 Å². The molecule has 1 aliphatic carbocycles. The van der Waals surface area contributed by atoms with E-state index in [0.717, 1.165) is 23.2 Å². The van der Waals surface area contributed by atoms with Crippen molar-refractivity contribution in [2.45, 2.75) is 44.7 Å². The lowest BCUT2D eigenvalue weighted by atomic mass is 9.74. The fourth-order valence-electron chi connectivity index (χ4n) is 6.18. The van der Waals surface area contributed by atoms with E-state index in [0.29, 0.717) is 31.9 Å². The molecule has 0 radical (unpaired) electrons. The number of rotatable bonds is 7. The van der Waals surface area contributed by atoms with E-state index in [1.807, 2.05) is 62.4 Å². The largest absolute Gasteiger partial charge is 0.384 e. The highest BCUT2D eigenvalue weighted by molar-refractivity contribution is 5.92. The smallest absolute Gasteiger partial charge is 0.245 e. The Labute approximate surface area is 218 Å². The van der Waals surface area contributed by atoms with Crippen molar-refractivity contribution in [1.29, 1.82) is 0 Å². The summed E-state index contributed by atoms with van der Waals surface area (Å²) in [5.41, 5.74) is 2.62. The van der Waals surface area contributed by atoms with Gasteiger partial charge < -0.3 is 16.0 Å². The standard InChI is InChI=1S/C30H35FN4O2/c1-3-32-26-17-22(31)16-25-27(26)34-29(37)30(25,2)35-15-14-23(21-12-8-5-9-13-21)24(19-35)28(36)33-18-20-10-6-4-7-11-20/h4-13,17,23-25,32H,3,14-16,18-19H2,1-2H3,(H,33,36)(H,34,37)/t23-,24-,25?,30-/m0/s1. The van der Waals surface area contributed by atoms with Crippen LogP contribution in [-0.2, 0) is 16.1 Å². The number of benzene rings is 2. The summed E-state index contributed by atoms with van der Waals surface area (Å²) in [5, 5.41) is 9.39. The Hall–Kier alpha value is -3.45. The van der Waals surface area contributed by atoms with E-state index in [-0.39, 0.29) is 41.8 Å². The van der Waals surface area contributed by atoms with Crippen molar-refractivity contribution in [1.82, 2.24) is 20.9 Å². The molecule has 194 valence electrons. The van der Waals surface area contributed by atoms with Gasteiger partial charge in [-0.05, 0) is 49.9 Å². The molecular formula is C30H35FN4O2. The predicted octanol–water partition coefficient (Wildman–Crippen LogP) is 3.99. The molecule has 0 saturated carbocycles. The van der Waals surface area contributed by atoms with Crippen LogP contribution in [0.1, 0.15) is 43.7 Å². The first-order valence-corrected chi connectivity index (χ1v) is 13.2. The summed E-state index contributed by atoms with van der Waals surface area (Å²) in [7, 11) is 0. The maximum absolute atomic E-state index is 14.7. The van der Waals surface area contributed by atoms with E-state index in [1.165, 1.54) is 6.08 Å². The average Bonchev–Trinajstić information content (AvgIpc) is 3.19. The SMILES string of the molecule is CCNC1=C2NC(=O)[C@@](C)(N3CC[C@@H](c4ccccc4)[C@@H](C(=O)NCc4ccccc4)C3)C2CC(F)=C1. The molecule has 4 atom stereocenters. The molecule has 5 rings (SSSR count). The zero-order chi connectivity index (χ0) is 26.0. The molecule has 7 heteroatoms. The maximum Gasteiger partial charge on any atom is 0.245 e. The quantitative estimate of drug-likeness (QED) is 0.535. The summed E-state index contributed by atoms with van der Waals surface area (Å²) in [4.78, 5) is 29.3. The summed E-state index contributed by atoms with van der Waals surface area (Å²) >= 11 is 0. The molecule has 0 bridgehead atoms. The van der Waals surface area contributed by atoms with Gasteiger partial charge in [0.25, 0.3) is 0 Å². The van der Waals surface area contributed by atoms with E-state index in [1.54, 1.807) is 0 Å². The Morgan fingerprint density at radius 3 is 2.54 bits per heavy atom. The van der Waals surface area contributed by atoms with Gasteiger partial charge in [0.1, 0.15) is 11.4 Å². The third-order valence-electron chi connectivity index (χ3n) is 8.24. The Kier molecular flexibility index (Phi) is 7.15. The third kappa shape index (κ3) is 4.80. The summed E-state index contributed by atoms with van der Waals surface area (Å²) in [6, 6.07) is 20.0. The molecule has 2 aromatic rings. The van der Waals surface area contributed by atoms with Crippen LogP contribution < -0.4 is 16.0 Å². The van der Waals surface area contributed by atoms with Gasteiger partial charge in [-0.25, -0.2) is 4.39 Å². The number of nitrogens with zero attached hydrogens (tertiary/aromatic N) is 1. The van der Waals surface area contributed by atoms with Gasteiger partial charge in [-0.2, -0.15) is 0 Å². The summed E-state index contributed by atoms with van der Waals surface area (Å²) in [6.45, 7) is 6.02. The van der Waals surface area contributed by atoms with Crippen molar-refractivity contribution in [3.63, 3.8) is 0 Å². The van der Waals surface area contributed by atoms with Gasteiger partial charge in [0.05, 0.1) is 11.6 Å². The number of carbonyl (C=O) groups is 2. The Morgan fingerprint density at radius 1 is 1.14 bits per heavy atom. The number of likely N-dealkylation sites (tertiary alicyclic amines) is 1. The lowest BCUT2D eigenvalue weighted by Gasteiger charge is -2.47. The first-order chi connectivity index (χ1) is 17.9. The Bertz CT molecular complexity index is 1210. The second-order valence-corrected chi connectivity index (χ2v) is 10.4. The molecule has 3 N–H and O–H groups in total. The van der Waals surface area contributed by atoms with Crippen LogP contribution in [0.25, 0.3) is 0 Å². The second-order valence-electron chi connectivity index (χ2n) is 10.4. The Balaban J connectivity index is 1.42. The minimum absolute atomic E-state index is 0.0248. The number of likely N-dealkylation sites (N-methyl/N-ethyl adjacent to an activating group) is 1. The number of fused-ring (bicyclic) bond motifs is 1. The second kappa shape index (κ2) is 10.5. The molecule has 0 aromatic heterocycles. The fraction of sp³-hybridized carbons (Fsp3) is 0.400. The van der Waals surface area contributed by atoms with Crippen molar-refractivity contribution >= 4 is 11.8 Å². The van der Waals surface area contributed by atoms with Gasteiger partial charge >= 0.3 is 0 Å². The highest BCUT2D eigenvalue weighted by Gasteiger charge is 2.56. The molecule has 6 nitrogen and oxygen atoms in total. The van der Waals surface area contributed by atoms with Gasteiger partial charge in [0, 0.05) is 37.7 Å². The number of hydrogen-bond donors (Lipinski definition) is 3. The molecule has 2 saturated heterocycles. The summed E-state index contributed by atoms with van der Waals surface area (Å²) < 4.78 is 14.7. The van der Waals surface area contributed by atoms with Crippen molar-refractivity contribution in [2.24, 2.45) is 11.8 Å². The maximum atomic E-state index is 14.7. The van der Waals surface area contributed by atoms with Gasteiger partial charge in [-0.3, -0.25) is 14.5 Å². The number of amides is 2. The molecule has 2 heterocycles. The van der Waals surface area contributed by atoms with Crippen molar-refractivity contribution in [3.05, 3.63) is 95.1 Å². The van der Waals surface area contributed by atoms with E-state index in [4.69, 9.17) is 0 Å². The summed E-state index contributed by atoms with van der Waals surface area (Å²) in [6.07, 6.45) is 2.40. The minimum Gasteiger partial charge on any atom is -0.384 e. The average molecular weight is 503 g/mol.